The van der Waals surface area contributed by atoms with Gasteiger partial charge in [-0.05, 0) is 25.2 Å². The largest absolute Gasteiger partial charge is 0.319 e. The van der Waals surface area contributed by atoms with Gasteiger partial charge >= 0.3 is 0 Å². The van der Waals surface area contributed by atoms with E-state index in [0.717, 1.165) is 25.8 Å². The van der Waals surface area contributed by atoms with E-state index in [1.54, 1.807) is 17.0 Å². The molecule has 0 aromatic carbocycles. The smallest absolute Gasteiger partial charge is 0.293 e. The summed E-state index contributed by atoms with van der Waals surface area (Å²) in [5.41, 5.74) is -0.0725. The summed E-state index contributed by atoms with van der Waals surface area (Å²) in [5.74, 6) is 1.66. The zero-order valence-electron chi connectivity index (χ0n) is 12.5. The average Bonchev–Trinajstić information content (AvgIpc) is 3.19. The molecule has 0 unspecified atom stereocenters. The highest BCUT2D eigenvalue weighted by Gasteiger charge is 2.25. The molecule has 2 heterocycles. The predicted octanol–water partition coefficient (Wildman–Crippen LogP) is 2.56. The van der Waals surface area contributed by atoms with E-state index in [4.69, 9.17) is 0 Å². The molecule has 2 aromatic heterocycles. The molecule has 1 saturated carbocycles. The first kappa shape index (κ1) is 13.9. The Morgan fingerprint density at radius 2 is 2.19 bits per heavy atom. The first-order valence-corrected chi connectivity index (χ1v) is 7.51. The first-order valence-electron chi connectivity index (χ1n) is 7.51. The molecular formula is C15H21N5O. The SMILES string of the molecule is CC(C)CCn1ccc(Nc2nccn(C3CC3)c2=O)n1. The molecule has 0 amide bonds. The van der Waals surface area contributed by atoms with Gasteiger partial charge in [-0.3, -0.25) is 9.48 Å². The van der Waals surface area contributed by atoms with Crippen molar-refractivity contribution in [3.05, 3.63) is 35.0 Å². The molecule has 1 aliphatic rings. The van der Waals surface area contributed by atoms with Gasteiger partial charge in [0, 0.05) is 37.2 Å². The minimum absolute atomic E-state index is 0.0725. The highest BCUT2D eigenvalue weighted by Crippen LogP contribution is 2.33. The lowest BCUT2D eigenvalue weighted by molar-refractivity contribution is 0.488. The third-order valence-electron chi connectivity index (χ3n) is 3.63. The fraction of sp³-hybridized carbons (Fsp3) is 0.533. The Kier molecular flexibility index (Phi) is 3.77. The number of nitrogens with one attached hydrogen (secondary N) is 1. The maximum absolute atomic E-state index is 12.3. The Bertz CT molecular complexity index is 669. The van der Waals surface area contributed by atoms with Crippen molar-refractivity contribution in [2.45, 2.75) is 45.7 Å². The highest BCUT2D eigenvalue weighted by molar-refractivity contribution is 5.49. The lowest BCUT2D eigenvalue weighted by Gasteiger charge is -2.06. The molecular weight excluding hydrogens is 266 g/mol. The summed E-state index contributed by atoms with van der Waals surface area (Å²) in [6.07, 6.45) is 8.58. The van der Waals surface area contributed by atoms with Crippen molar-refractivity contribution in [3.63, 3.8) is 0 Å². The second kappa shape index (κ2) is 5.71. The molecule has 0 atom stereocenters. The van der Waals surface area contributed by atoms with Gasteiger partial charge in [-0.15, -0.1) is 0 Å². The van der Waals surface area contributed by atoms with E-state index >= 15 is 0 Å². The van der Waals surface area contributed by atoms with Crippen molar-refractivity contribution >= 4 is 11.6 Å². The molecule has 0 spiro atoms. The molecule has 0 saturated heterocycles. The molecule has 21 heavy (non-hydrogen) atoms. The zero-order valence-corrected chi connectivity index (χ0v) is 12.5. The maximum Gasteiger partial charge on any atom is 0.293 e. The molecule has 6 heteroatoms. The zero-order chi connectivity index (χ0) is 14.8. The monoisotopic (exact) mass is 287 g/mol. The second-order valence-electron chi connectivity index (χ2n) is 5.99. The van der Waals surface area contributed by atoms with Gasteiger partial charge in [0.1, 0.15) is 0 Å². The molecule has 1 N–H and O–H groups in total. The van der Waals surface area contributed by atoms with Crippen LogP contribution in [-0.2, 0) is 6.54 Å². The molecule has 0 radical (unpaired) electrons. The fourth-order valence-corrected chi connectivity index (χ4v) is 2.22. The quantitative estimate of drug-likeness (QED) is 0.887. The van der Waals surface area contributed by atoms with E-state index in [1.807, 2.05) is 16.9 Å². The minimum atomic E-state index is -0.0725. The summed E-state index contributed by atoms with van der Waals surface area (Å²) < 4.78 is 3.65. The Labute approximate surface area is 123 Å². The summed E-state index contributed by atoms with van der Waals surface area (Å²) in [4.78, 5) is 16.4. The lowest BCUT2D eigenvalue weighted by Crippen LogP contribution is -2.22. The predicted molar refractivity (Wildman–Crippen MR) is 81.7 cm³/mol. The van der Waals surface area contributed by atoms with Crippen LogP contribution in [0.25, 0.3) is 0 Å². The number of hydrogen-bond acceptors (Lipinski definition) is 4. The van der Waals surface area contributed by atoms with Gasteiger partial charge < -0.3 is 9.88 Å². The van der Waals surface area contributed by atoms with Crippen LogP contribution in [0.15, 0.2) is 29.5 Å². The number of rotatable bonds is 6. The van der Waals surface area contributed by atoms with Crippen LogP contribution in [0.5, 0.6) is 0 Å². The van der Waals surface area contributed by atoms with E-state index in [1.165, 1.54) is 0 Å². The molecule has 0 bridgehead atoms. The van der Waals surface area contributed by atoms with E-state index < -0.39 is 0 Å². The second-order valence-corrected chi connectivity index (χ2v) is 5.99. The average molecular weight is 287 g/mol. The van der Waals surface area contributed by atoms with Crippen LogP contribution in [0.3, 0.4) is 0 Å². The van der Waals surface area contributed by atoms with Crippen molar-refractivity contribution < 1.29 is 0 Å². The van der Waals surface area contributed by atoms with E-state index in [0.29, 0.717) is 23.6 Å². The van der Waals surface area contributed by atoms with Gasteiger partial charge in [0.05, 0.1) is 0 Å². The maximum atomic E-state index is 12.3. The number of hydrogen-bond donors (Lipinski definition) is 1. The summed E-state index contributed by atoms with van der Waals surface area (Å²) >= 11 is 0. The van der Waals surface area contributed by atoms with E-state index in [2.05, 4.69) is 29.2 Å². The standard InChI is InChI=1S/C15H21N5O/c1-11(2)5-8-19-9-6-13(18-19)17-14-15(21)20(10-7-16-14)12-3-4-12/h6-7,9-12H,3-5,8H2,1-2H3,(H,16,17,18). The third-order valence-corrected chi connectivity index (χ3v) is 3.63. The van der Waals surface area contributed by atoms with Crippen LogP contribution in [0.4, 0.5) is 11.6 Å². The minimum Gasteiger partial charge on any atom is -0.319 e. The summed E-state index contributed by atoms with van der Waals surface area (Å²) in [7, 11) is 0. The van der Waals surface area contributed by atoms with Crippen LogP contribution >= 0.6 is 0 Å². The summed E-state index contributed by atoms with van der Waals surface area (Å²) in [6.45, 7) is 5.27. The van der Waals surface area contributed by atoms with E-state index in [9.17, 15) is 4.79 Å². The van der Waals surface area contributed by atoms with Crippen molar-refractivity contribution in [2.75, 3.05) is 5.32 Å². The number of aryl methyl sites for hydroxylation is 1. The number of aromatic nitrogens is 4. The molecule has 6 nitrogen and oxygen atoms in total. The highest BCUT2D eigenvalue weighted by atomic mass is 16.1. The molecule has 2 aromatic rings. The van der Waals surface area contributed by atoms with Gasteiger partial charge in [-0.1, -0.05) is 13.8 Å². The number of nitrogens with zero attached hydrogens (tertiary/aromatic N) is 4. The molecule has 112 valence electrons. The fourth-order valence-electron chi connectivity index (χ4n) is 2.22. The van der Waals surface area contributed by atoms with Gasteiger partial charge in [0.15, 0.2) is 11.6 Å². The van der Waals surface area contributed by atoms with Crippen molar-refractivity contribution in [3.8, 4) is 0 Å². The molecule has 3 rings (SSSR count). The van der Waals surface area contributed by atoms with Crippen LogP contribution in [0.1, 0.15) is 39.2 Å². The van der Waals surface area contributed by atoms with Crippen molar-refractivity contribution in [2.24, 2.45) is 5.92 Å². The van der Waals surface area contributed by atoms with Crippen LogP contribution in [-0.4, -0.2) is 19.3 Å². The van der Waals surface area contributed by atoms with Crippen LogP contribution < -0.4 is 10.9 Å². The summed E-state index contributed by atoms with van der Waals surface area (Å²) in [5, 5.41) is 7.45. The van der Waals surface area contributed by atoms with Crippen LogP contribution in [0, 0.1) is 5.92 Å². The molecule has 1 fully saturated rings. The Balaban J connectivity index is 1.72. The van der Waals surface area contributed by atoms with Gasteiger partial charge in [-0.25, -0.2) is 4.98 Å². The van der Waals surface area contributed by atoms with E-state index in [-0.39, 0.29) is 5.56 Å². The van der Waals surface area contributed by atoms with Gasteiger partial charge in [-0.2, -0.15) is 5.10 Å². The number of anilines is 2. The summed E-state index contributed by atoms with van der Waals surface area (Å²) in [6, 6.07) is 2.22. The first-order chi connectivity index (χ1) is 10.1. The lowest BCUT2D eigenvalue weighted by atomic mass is 10.1. The Morgan fingerprint density at radius 3 is 2.90 bits per heavy atom. The van der Waals surface area contributed by atoms with Crippen molar-refractivity contribution in [1.82, 2.24) is 19.3 Å². The van der Waals surface area contributed by atoms with Gasteiger partial charge in [0.2, 0.25) is 0 Å². The molecule has 1 aliphatic carbocycles. The Morgan fingerprint density at radius 1 is 1.38 bits per heavy atom. The van der Waals surface area contributed by atoms with Crippen LogP contribution in [0.2, 0.25) is 0 Å². The van der Waals surface area contributed by atoms with Gasteiger partial charge in [0.25, 0.3) is 5.56 Å². The van der Waals surface area contributed by atoms with Crippen molar-refractivity contribution in [1.29, 1.82) is 0 Å². The Hall–Kier alpha value is -2.11. The normalized spacial score (nSPS) is 14.6. The molecule has 0 aliphatic heterocycles. The topological polar surface area (TPSA) is 64.7 Å². The third kappa shape index (κ3) is 3.32.